The number of nitrogens with one attached hydrogen (secondary N) is 2. The minimum atomic E-state index is -0.628. The third-order valence-corrected chi connectivity index (χ3v) is 4.72. The second-order valence-corrected chi connectivity index (χ2v) is 8.19. The molecule has 0 aromatic carbocycles. The number of carbonyl (C=O) groups is 1. The average Bonchev–Trinajstić information content (AvgIpc) is 2.25. The summed E-state index contributed by atoms with van der Waals surface area (Å²) >= 11 is 0. The molecular weight excluding hydrogens is 250 g/mol. The Labute approximate surface area is 123 Å². The van der Waals surface area contributed by atoms with E-state index in [2.05, 4.69) is 38.3 Å². The van der Waals surface area contributed by atoms with Gasteiger partial charge >= 0.3 is 0 Å². The van der Waals surface area contributed by atoms with Crippen LogP contribution in [0.15, 0.2) is 0 Å². The summed E-state index contributed by atoms with van der Waals surface area (Å²) in [6, 6.07) is 0.219. The van der Waals surface area contributed by atoms with E-state index in [0.717, 1.165) is 38.5 Å². The third kappa shape index (κ3) is 3.73. The van der Waals surface area contributed by atoms with Gasteiger partial charge in [0.05, 0.1) is 5.54 Å². The van der Waals surface area contributed by atoms with Crippen LogP contribution in [0.4, 0.5) is 0 Å². The molecule has 0 bridgehead atoms. The molecule has 0 spiro atoms. The highest BCUT2D eigenvalue weighted by molar-refractivity contribution is 5.86. The first kappa shape index (κ1) is 15.8. The maximum absolute atomic E-state index is 12.6. The lowest BCUT2D eigenvalue weighted by Gasteiger charge is -2.47. The first-order valence-corrected chi connectivity index (χ1v) is 8.01. The molecule has 1 saturated carbocycles. The molecule has 0 unspecified atom stereocenters. The molecule has 116 valence electrons. The first-order valence-electron chi connectivity index (χ1n) is 8.01. The molecule has 1 heterocycles. The van der Waals surface area contributed by atoms with Gasteiger partial charge in [-0.05, 0) is 53.4 Å². The zero-order valence-electron chi connectivity index (χ0n) is 13.5. The lowest BCUT2D eigenvalue weighted by atomic mass is 9.78. The van der Waals surface area contributed by atoms with Crippen LogP contribution in [0, 0.1) is 0 Å². The van der Waals surface area contributed by atoms with Gasteiger partial charge in [0.25, 0.3) is 0 Å². The van der Waals surface area contributed by atoms with E-state index in [1.165, 1.54) is 6.42 Å². The molecule has 1 aliphatic heterocycles. The largest absolute Gasteiger partial charge is 0.352 e. The Kier molecular flexibility index (Phi) is 4.18. The number of carbonyl (C=O) groups excluding carboxylic acids is 1. The number of amides is 1. The molecule has 0 radical (unpaired) electrons. The van der Waals surface area contributed by atoms with Gasteiger partial charge in [0, 0.05) is 17.1 Å². The first-order chi connectivity index (χ1) is 9.12. The summed E-state index contributed by atoms with van der Waals surface area (Å²) < 4.78 is 0. The van der Waals surface area contributed by atoms with Crippen LogP contribution in [0.2, 0.25) is 0 Å². The van der Waals surface area contributed by atoms with Crippen LogP contribution in [0.3, 0.4) is 0 Å². The lowest BCUT2D eigenvalue weighted by Crippen LogP contribution is -2.64. The van der Waals surface area contributed by atoms with Crippen LogP contribution in [0.5, 0.6) is 0 Å². The molecule has 4 nitrogen and oxygen atoms in total. The minimum absolute atomic E-state index is 0.0496. The van der Waals surface area contributed by atoms with Crippen LogP contribution < -0.4 is 16.4 Å². The van der Waals surface area contributed by atoms with Crippen molar-refractivity contribution in [1.82, 2.24) is 10.6 Å². The molecule has 4 heteroatoms. The number of hydrogen-bond donors (Lipinski definition) is 3. The van der Waals surface area contributed by atoms with Crippen molar-refractivity contribution in [3.05, 3.63) is 0 Å². The Hall–Kier alpha value is -0.610. The lowest BCUT2D eigenvalue weighted by molar-refractivity contribution is -0.128. The van der Waals surface area contributed by atoms with E-state index in [0.29, 0.717) is 0 Å². The number of hydrogen-bond acceptors (Lipinski definition) is 3. The predicted octanol–water partition coefficient (Wildman–Crippen LogP) is 2.07. The summed E-state index contributed by atoms with van der Waals surface area (Å²) in [5.41, 5.74) is 5.80. The molecular formula is C16H31N3O. The van der Waals surface area contributed by atoms with Gasteiger partial charge in [0.1, 0.15) is 0 Å². The quantitative estimate of drug-likeness (QED) is 0.726. The fourth-order valence-corrected chi connectivity index (χ4v) is 4.16. The average molecular weight is 281 g/mol. The van der Waals surface area contributed by atoms with Crippen molar-refractivity contribution in [2.45, 2.75) is 95.3 Å². The van der Waals surface area contributed by atoms with Gasteiger partial charge in [0.15, 0.2) is 0 Å². The predicted molar refractivity (Wildman–Crippen MR) is 82.5 cm³/mol. The second kappa shape index (κ2) is 5.30. The van der Waals surface area contributed by atoms with Crippen LogP contribution in [0.1, 0.15) is 72.6 Å². The molecule has 0 atom stereocenters. The van der Waals surface area contributed by atoms with Crippen molar-refractivity contribution in [3.63, 3.8) is 0 Å². The zero-order valence-corrected chi connectivity index (χ0v) is 13.5. The highest BCUT2D eigenvalue weighted by atomic mass is 16.2. The highest BCUT2D eigenvalue weighted by Gasteiger charge is 2.41. The van der Waals surface area contributed by atoms with E-state index < -0.39 is 5.54 Å². The van der Waals surface area contributed by atoms with Gasteiger partial charge < -0.3 is 16.4 Å². The highest BCUT2D eigenvalue weighted by Crippen LogP contribution is 2.30. The van der Waals surface area contributed by atoms with E-state index in [1.807, 2.05) is 0 Å². The molecule has 2 fully saturated rings. The molecule has 1 amide bonds. The van der Waals surface area contributed by atoms with Crippen molar-refractivity contribution in [3.8, 4) is 0 Å². The van der Waals surface area contributed by atoms with Crippen molar-refractivity contribution in [1.29, 1.82) is 0 Å². The summed E-state index contributed by atoms with van der Waals surface area (Å²) in [4.78, 5) is 12.6. The summed E-state index contributed by atoms with van der Waals surface area (Å²) in [7, 11) is 0. The molecule has 1 aliphatic carbocycles. The van der Waals surface area contributed by atoms with E-state index in [4.69, 9.17) is 5.73 Å². The molecule has 2 rings (SSSR count). The standard InChI is InChI=1S/C16H31N3O/c1-14(2)10-12(11-15(3,4)19-14)18-13(20)16(17)8-6-5-7-9-16/h12,19H,5-11,17H2,1-4H3,(H,18,20). The Morgan fingerprint density at radius 1 is 1.05 bits per heavy atom. The fourth-order valence-electron chi connectivity index (χ4n) is 4.16. The Morgan fingerprint density at radius 2 is 1.55 bits per heavy atom. The maximum atomic E-state index is 12.6. The van der Waals surface area contributed by atoms with Crippen LogP contribution in [0.25, 0.3) is 0 Å². The van der Waals surface area contributed by atoms with Crippen molar-refractivity contribution in [2.75, 3.05) is 0 Å². The fraction of sp³-hybridized carbons (Fsp3) is 0.938. The summed E-state index contributed by atoms with van der Waals surface area (Å²) in [6.07, 6.45) is 6.93. The topological polar surface area (TPSA) is 67.2 Å². The van der Waals surface area contributed by atoms with Crippen LogP contribution in [-0.4, -0.2) is 28.6 Å². The number of nitrogens with two attached hydrogens (primary N) is 1. The summed E-state index contributed by atoms with van der Waals surface area (Å²) in [5, 5.41) is 6.88. The van der Waals surface area contributed by atoms with Crippen molar-refractivity contribution < 1.29 is 4.79 Å². The Morgan fingerprint density at radius 3 is 2.05 bits per heavy atom. The summed E-state index contributed by atoms with van der Waals surface area (Å²) in [6.45, 7) is 8.80. The van der Waals surface area contributed by atoms with Gasteiger partial charge in [-0.15, -0.1) is 0 Å². The van der Waals surface area contributed by atoms with Gasteiger partial charge in [-0.3, -0.25) is 4.79 Å². The second-order valence-electron chi connectivity index (χ2n) is 8.19. The smallest absolute Gasteiger partial charge is 0.240 e. The van der Waals surface area contributed by atoms with Crippen LogP contribution in [-0.2, 0) is 4.79 Å². The normalized spacial score (nSPS) is 28.9. The van der Waals surface area contributed by atoms with Gasteiger partial charge in [-0.25, -0.2) is 0 Å². The molecule has 1 saturated heterocycles. The molecule has 0 aromatic heterocycles. The van der Waals surface area contributed by atoms with E-state index in [-0.39, 0.29) is 23.0 Å². The molecule has 4 N–H and O–H groups in total. The van der Waals surface area contributed by atoms with Gasteiger partial charge in [-0.2, -0.15) is 0 Å². The molecule has 2 aliphatic rings. The van der Waals surface area contributed by atoms with E-state index >= 15 is 0 Å². The minimum Gasteiger partial charge on any atom is -0.352 e. The van der Waals surface area contributed by atoms with Crippen LogP contribution >= 0.6 is 0 Å². The Balaban J connectivity index is 2.00. The number of piperidine rings is 1. The van der Waals surface area contributed by atoms with E-state index in [1.54, 1.807) is 0 Å². The summed E-state index contributed by atoms with van der Waals surface area (Å²) in [5.74, 6) is 0.0655. The third-order valence-electron chi connectivity index (χ3n) is 4.72. The monoisotopic (exact) mass is 281 g/mol. The Bertz CT molecular complexity index is 354. The zero-order chi connectivity index (χ0) is 15.0. The SMILES string of the molecule is CC1(C)CC(NC(=O)C2(N)CCCCC2)CC(C)(C)N1. The van der Waals surface area contributed by atoms with Gasteiger partial charge in [-0.1, -0.05) is 19.3 Å². The maximum Gasteiger partial charge on any atom is 0.240 e. The van der Waals surface area contributed by atoms with E-state index in [9.17, 15) is 4.79 Å². The van der Waals surface area contributed by atoms with Gasteiger partial charge in [0.2, 0.25) is 5.91 Å². The van der Waals surface area contributed by atoms with Crippen molar-refractivity contribution in [2.24, 2.45) is 5.73 Å². The van der Waals surface area contributed by atoms with Crippen molar-refractivity contribution >= 4 is 5.91 Å². The number of rotatable bonds is 2. The molecule has 0 aromatic rings. The molecule has 20 heavy (non-hydrogen) atoms.